The molecule has 2 aromatic rings. The fourth-order valence-corrected chi connectivity index (χ4v) is 3.92. The van der Waals surface area contributed by atoms with Crippen molar-refractivity contribution in [3.63, 3.8) is 0 Å². The maximum Gasteiger partial charge on any atom is 0.242 e. The van der Waals surface area contributed by atoms with Gasteiger partial charge in [0.1, 0.15) is 6.04 Å². The van der Waals surface area contributed by atoms with Gasteiger partial charge in [-0.25, -0.2) is 0 Å². The zero-order valence-electron chi connectivity index (χ0n) is 17.6. The van der Waals surface area contributed by atoms with E-state index in [9.17, 15) is 9.59 Å². The van der Waals surface area contributed by atoms with Gasteiger partial charge in [0.05, 0.1) is 15.8 Å². The van der Waals surface area contributed by atoms with Gasteiger partial charge in [0.15, 0.2) is 0 Å². The topological polar surface area (TPSA) is 49.4 Å². The number of thioether (sulfide) groups is 1. The summed E-state index contributed by atoms with van der Waals surface area (Å²) in [6.45, 7) is 6.74. The van der Waals surface area contributed by atoms with Crippen molar-refractivity contribution < 1.29 is 9.59 Å². The first-order valence-electron chi connectivity index (χ1n) is 10.0. The molecule has 2 amide bonds. The van der Waals surface area contributed by atoms with Crippen LogP contribution < -0.4 is 5.32 Å². The van der Waals surface area contributed by atoms with Gasteiger partial charge in [-0.3, -0.25) is 9.59 Å². The Labute approximate surface area is 193 Å². The first-order valence-corrected chi connectivity index (χ1v) is 11.8. The minimum atomic E-state index is -0.595. The minimum absolute atomic E-state index is 0.107. The molecule has 162 valence electrons. The fraction of sp³-hybridized carbons (Fsp3) is 0.391. The summed E-state index contributed by atoms with van der Waals surface area (Å²) >= 11 is 13.6. The second-order valence-electron chi connectivity index (χ2n) is 7.19. The number of carbonyl (C=O) groups excluding carboxylic acids is 2. The Kier molecular flexibility index (Phi) is 10.0. The van der Waals surface area contributed by atoms with Crippen LogP contribution in [0.4, 0.5) is 0 Å². The molecular weight excluding hydrogens is 439 g/mol. The van der Waals surface area contributed by atoms with Crippen LogP contribution in [0.1, 0.15) is 37.8 Å². The molecule has 0 heterocycles. The molecule has 0 saturated carbocycles. The number of aryl methyl sites for hydroxylation is 1. The summed E-state index contributed by atoms with van der Waals surface area (Å²) in [7, 11) is 0. The number of hydrogen-bond donors (Lipinski definition) is 1. The van der Waals surface area contributed by atoms with Crippen LogP contribution in [0.15, 0.2) is 47.4 Å². The predicted octanol–water partition coefficient (Wildman–Crippen LogP) is 5.73. The molecule has 1 atom stereocenters. The Morgan fingerprint density at radius 3 is 2.43 bits per heavy atom. The monoisotopic (exact) mass is 466 g/mol. The van der Waals surface area contributed by atoms with Gasteiger partial charge in [-0.05, 0) is 50.1 Å². The summed E-state index contributed by atoms with van der Waals surface area (Å²) in [6.07, 6.45) is 1.90. The Morgan fingerprint density at radius 2 is 1.80 bits per heavy atom. The molecule has 4 nitrogen and oxygen atoms in total. The summed E-state index contributed by atoms with van der Waals surface area (Å²) in [5.74, 6) is -0.0151. The number of unbranched alkanes of at least 4 members (excludes halogenated alkanes) is 1. The van der Waals surface area contributed by atoms with Crippen LogP contribution in [-0.2, 0) is 16.1 Å². The van der Waals surface area contributed by atoms with Crippen molar-refractivity contribution in [3.05, 3.63) is 63.6 Å². The molecule has 0 aliphatic rings. The summed E-state index contributed by atoms with van der Waals surface area (Å²) < 4.78 is 0. The van der Waals surface area contributed by atoms with Crippen LogP contribution in [0.2, 0.25) is 10.0 Å². The molecule has 0 aliphatic carbocycles. The maximum atomic E-state index is 13.1. The lowest BCUT2D eigenvalue weighted by atomic mass is 10.1. The molecule has 0 aliphatic heterocycles. The Morgan fingerprint density at radius 1 is 1.10 bits per heavy atom. The van der Waals surface area contributed by atoms with Crippen LogP contribution in [0, 0.1) is 6.92 Å². The third-order valence-electron chi connectivity index (χ3n) is 4.72. The molecule has 7 heteroatoms. The molecule has 0 aromatic heterocycles. The van der Waals surface area contributed by atoms with Crippen LogP contribution >= 0.6 is 35.0 Å². The van der Waals surface area contributed by atoms with Crippen molar-refractivity contribution in [2.24, 2.45) is 0 Å². The highest BCUT2D eigenvalue weighted by molar-refractivity contribution is 8.00. The van der Waals surface area contributed by atoms with Gasteiger partial charge in [-0.15, -0.1) is 11.8 Å². The number of nitrogens with one attached hydrogen (secondary N) is 1. The first-order chi connectivity index (χ1) is 14.3. The van der Waals surface area contributed by atoms with E-state index in [4.69, 9.17) is 23.2 Å². The second-order valence-corrected chi connectivity index (χ2v) is 9.06. The Bertz CT molecular complexity index is 859. The predicted molar refractivity (Wildman–Crippen MR) is 126 cm³/mol. The number of nitrogens with zero attached hydrogens (tertiary/aromatic N) is 1. The van der Waals surface area contributed by atoms with E-state index < -0.39 is 6.04 Å². The molecule has 2 rings (SSSR count). The summed E-state index contributed by atoms with van der Waals surface area (Å²) in [5, 5.41) is 3.80. The lowest BCUT2D eigenvalue weighted by Crippen LogP contribution is -2.48. The molecule has 1 unspecified atom stereocenters. The average molecular weight is 467 g/mol. The average Bonchev–Trinajstić information content (AvgIpc) is 2.73. The van der Waals surface area contributed by atoms with E-state index in [0.717, 1.165) is 23.3 Å². The second kappa shape index (κ2) is 12.2. The maximum absolute atomic E-state index is 13.1. The standard InChI is InChI=1S/C23H28Cl2N2O2S/c1-4-5-12-26-23(29)17(3)27(14-18-8-11-20(24)21(25)13-18)22(28)15-30-19-9-6-16(2)7-10-19/h6-11,13,17H,4-5,12,14-15H2,1-3H3,(H,26,29). The van der Waals surface area contributed by atoms with Crippen molar-refractivity contribution in [2.75, 3.05) is 12.3 Å². The number of rotatable bonds is 10. The summed E-state index contributed by atoms with van der Waals surface area (Å²) in [5.41, 5.74) is 2.00. The fourth-order valence-electron chi connectivity index (χ4n) is 2.82. The Balaban J connectivity index is 2.13. The minimum Gasteiger partial charge on any atom is -0.354 e. The van der Waals surface area contributed by atoms with Crippen molar-refractivity contribution in [2.45, 2.75) is 51.1 Å². The quantitative estimate of drug-likeness (QED) is 0.359. The molecule has 0 spiro atoms. The van der Waals surface area contributed by atoms with Gasteiger partial charge in [0.25, 0.3) is 0 Å². The van der Waals surface area contributed by atoms with E-state index in [1.54, 1.807) is 24.0 Å². The lowest BCUT2D eigenvalue weighted by Gasteiger charge is -2.29. The zero-order valence-corrected chi connectivity index (χ0v) is 19.9. The van der Waals surface area contributed by atoms with Gasteiger partial charge in [0.2, 0.25) is 11.8 Å². The van der Waals surface area contributed by atoms with Crippen LogP contribution in [-0.4, -0.2) is 35.1 Å². The van der Waals surface area contributed by atoms with Crippen LogP contribution in [0.3, 0.4) is 0 Å². The normalized spacial score (nSPS) is 11.8. The highest BCUT2D eigenvalue weighted by Gasteiger charge is 2.26. The molecule has 0 bridgehead atoms. The summed E-state index contributed by atoms with van der Waals surface area (Å²) in [4.78, 5) is 28.3. The molecule has 30 heavy (non-hydrogen) atoms. The van der Waals surface area contributed by atoms with E-state index >= 15 is 0 Å². The molecule has 0 fully saturated rings. The van der Waals surface area contributed by atoms with E-state index in [0.29, 0.717) is 16.6 Å². The molecular formula is C23H28Cl2N2O2S. The molecule has 0 saturated heterocycles. The van der Waals surface area contributed by atoms with E-state index in [1.165, 1.54) is 17.3 Å². The summed E-state index contributed by atoms with van der Waals surface area (Å²) in [6, 6.07) is 12.7. The van der Waals surface area contributed by atoms with Gasteiger partial charge in [-0.1, -0.05) is 60.3 Å². The largest absolute Gasteiger partial charge is 0.354 e. The first kappa shape index (κ1) is 24.6. The smallest absolute Gasteiger partial charge is 0.242 e. The zero-order chi connectivity index (χ0) is 22.1. The SMILES string of the molecule is CCCCNC(=O)C(C)N(Cc1ccc(Cl)c(Cl)c1)C(=O)CSc1ccc(C)cc1. The number of hydrogen-bond acceptors (Lipinski definition) is 3. The molecule has 2 aromatic carbocycles. The number of amides is 2. The van der Waals surface area contributed by atoms with Gasteiger partial charge >= 0.3 is 0 Å². The lowest BCUT2D eigenvalue weighted by molar-refractivity contribution is -0.138. The van der Waals surface area contributed by atoms with Crippen LogP contribution in [0.5, 0.6) is 0 Å². The Hall–Kier alpha value is -1.69. The highest BCUT2D eigenvalue weighted by Crippen LogP contribution is 2.25. The van der Waals surface area contributed by atoms with Crippen molar-refractivity contribution in [3.8, 4) is 0 Å². The van der Waals surface area contributed by atoms with E-state index in [1.807, 2.05) is 37.3 Å². The molecule has 0 radical (unpaired) electrons. The van der Waals surface area contributed by atoms with Gasteiger partial charge in [0, 0.05) is 18.0 Å². The van der Waals surface area contributed by atoms with Crippen molar-refractivity contribution in [1.82, 2.24) is 10.2 Å². The molecule has 1 N–H and O–H groups in total. The van der Waals surface area contributed by atoms with Crippen LogP contribution in [0.25, 0.3) is 0 Å². The number of benzene rings is 2. The van der Waals surface area contributed by atoms with Gasteiger partial charge < -0.3 is 10.2 Å². The number of halogens is 2. The van der Waals surface area contributed by atoms with Crippen molar-refractivity contribution >= 4 is 46.8 Å². The van der Waals surface area contributed by atoms with E-state index in [2.05, 4.69) is 12.2 Å². The third kappa shape index (κ3) is 7.53. The number of carbonyl (C=O) groups is 2. The van der Waals surface area contributed by atoms with Gasteiger partial charge in [-0.2, -0.15) is 0 Å². The van der Waals surface area contributed by atoms with Crippen molar-refractivity contribution in [1.29, 1.82) is 0 Å². The highest BCUT2D eigenvalue weighted by atomic mass is 35.5. The van der Waals surface area contributed by atoms with E-state index in [-0.39, 0.29) is 24.1 Å². The third-order valence-corrected chi connectivity index (χ3v) is 6.45.